The largest absolute Gasteiger partial charge is 0.507 e. The number of benzene rings is 2. The van der Waals surface area contributed by atoms with Gasteiger partial charge in [0.2, 0.25) is 0 Å². The van der Waals surface area contributed by atoms with Crippen LogP contribution in [0.2, 0.25) is 0 Å². The zero-order chi connectivity index (χ0) is 11.7. The molecule has 0 aliphatic rings. The monoisotopic (exact) mass is 220 g/mol. The van der Waals surface area contributed by atoms with Crippen molar-refractivity contribution < 1.29 is 13.9 Å². The molecule has 0 radical (unpaired) electrons. The highest BCUT2D eigenvalue weighted by atomic mass is 19.1. The van der Waals surface area contributed by atoms with Gasteiger partial charge in [0.25, 0.3) is 0 Å². The minimum absolute atomic E-state index is 0.133. The van der Waals surface area contributed by atoms with Gasteiger partial charge < -0.3 is 5.11 Å². The van der Waals surface area contributed by atoms with Gasteiger partial charge in [0.15, 0.2) is 0 Å². The second-order valence-electron chi connectivity index (χ2n) is 3.64. The highest BCUT2D eigenvalue weighted by Gasteiger charge is 2.10. The van der Waals surface area contributed by atoms with Crippen molar-refractivity contribution >= 4 is 0 Å². The molecule has 0 saturated carbocycles. The number of hydrogen-bond donors (Lipinski definition) is 1. The summed E-state index contributed by atoms with van der Waals surface area (Å²) in [5, 5.41) is 9.57. The number of aryl methyl sites for hydroxylation is 1. The van der Waals surface area contributed by atoms with Crippen LogP contribution in [0, 0.1) is 18.6 Å². The molecular weight excluding hydrogens is 210 g/mol. The molecule has 0 saturated heterocycles. The van der Waals surface area contributed by atoms with E-state index < -0.39 is 11.6 Å². The first-order valence-electron chi connectivity index (χ1n) is 4.83. The lowest BCUT2D eigenvalue weighted by Crippen LogP contribution is -1.87. The van der Waals surface area contributed by atoms with E-state index in [-0.39, 0.29) is 16.9 Å². The summed E-state index contributed by atoms with van der Waals surface area (Å²) in [6, 6.07) is 7.96. The molecule has 3 heteroatoms. The number of hydrogen-bond acceptors (Lipinski definition) is 1. The van der Waals surface area contributed by atoms with Crippen molar-refractivity contribution in [3.63, 3.8) is 0 Å². The van der Waals surface area contributed by atoms with Crippen LogP contribution < -0.4 is 0 Å². The fraction of sp³-hybridized carbons (Fsp3) is 0.0769. The summed E-state index contributed by atoms with van der Waals surface area (Å²) in [6.45, 7) is 1.80. The maximum atomic E-state index is 13.5. The Kier molecular flexibility index (Phi) is 2.60. The van der Waals surface area contributed by atoms with E-state index in [2.05, 4.69) is 0 Å². The molecule has 16 heavy (non-hydrogen) atoms. The maximum Gasteiger partial charge on any atom is 0.131 e. The summed E-state index contributed by atoms with van der Waals surface area (Å²) < 4.78 is 26.6. The predicted molar refractivity (Wildman–Crippen MR) is 58.2 cm³/mol. The average Bonchev–Trinajstić information content (AvgIpc) is 2.25. The molecule has 0 amide bonds. The third-order valence-corrected chi connectivity index (χ3v) is 2.37. The molecule has 0 aliphatic carbocycles. The average molecular weight is 220 g/mol. The Balaban J connectivity index is 2.66. The highest BCUT2D eigenvalue weighted by molar-refractivity contribution is 5.71. The van der Waals surface area contributed by atoms with E-state index in [1.54, 1.807) is 19.1 Å². The van der Waals surface area contributed by atoms with E-state index in [4.69, 9.17) is 0 Å². The van der Waals surface area contributed by atoms with Crippen LogP contribution in [0.5, 0.6) is 5.75 Å². The third kappa shape index (κ3) is 1.89. The second kappa shape index (κ2) is 3.93. The van der Waals surface area contributed by atoms with Crippen LogP contribution in [0.3, 0.4) is 0 Å². The highest BCUT2D eigenvalue weighted by Crippen LogP contribution is 2.32. The van der Waals surface area contributed by atoms with Gasteiger partial charge in [-0.05, 0) is 37.3 Å². The molecule has 2 rings (SSSR count). The van der Waals surface area contributed by atoms with E-state index in [0.29, 0.717) is 0 Å². The lowest BCUT2D eigenvalue weighted by Gasteiger charge is -2.07. The van der Waals surface area contributed by atoms with Crippen molar-refractivity contribution in [3.05, 3.63) is 53.6 Å². The van der Waals surface area contributed by atoms with Gasteiger partial charge in [-0.15, -0.1) is 0 Å². The Morgan fingerprint density at radius 2 is 1.69 bits per heavy atom. The summed E-state index contributed by atoms with van der Waals surface area (Å²) in [4.78, 5) is 0. The van der Waals surface area contributed by atoms with Crippen LogP contribution in [-0.4, -0.2) is 5.11 Å². The lowest BCUT2D eigenvalue weighted by atomic mass is 10.0. The normalized spacial score (nSPS) is 10.4. The standard InChI is InChI=1S/C13H10F2O/c1-8-2-4-12(15)10(6-8)11-7-9(14)3-5-13(11)16/h2-7,16H,1H3. The van der Waals surface area contributed by atoms with E-state index in [1.165, 1.54) is 12.1 Å². The molecule has 1 N–H and O–H groups in total. The minimum Gasteiger partial charge on any atom is -0.507 e. The first-order valence-corrected chi connectivity index (χ1v) is 4.83. The van der Waals surface area contributed by atoms with E-state index in [1.807, 2.05) is 0 Å². The molecule has 82 valence electrons. The smallest absolute Gasteiger partial charge is 0.131 e. The summed E-state index contributed by atoms with van der Waals surface area (Å²) >= 11 is 0. The number of aromatic hydroxyl groups is 1. The van der Waals surface area contributed by atoms with Gasteiger partial charge in [0.1, 0.15) is 17.4 Å². The van der Waals surface area contributed by atoms with Crippen molar-refractivity contribution in [1.29, 1.82) is 0 Å². The molecule has 1 nitrogen and oxygen atoms in total. The zero-order valence-corrected chi connectivity index (χ0v) is 8.67. The quantitative estimate of drug-likeness (QED) is 0.777. The SMILES string of the molecule is Cc1ccc(F)c(-c2cc(F)ccc2O)c1. The topological polar surface area (TPSA) is 20.2 Å². The molecular formula is C13H10F2O. The molecule has 2 aromatic rings. The molecule has 2 aromatic carbocycles. The van der Waals surface area contributed by atoms with Gasteiger partial charge >= 0.3 is 0 Å². The first kappa shape index (κ1) is 10.6. The summed E-state index contributed by atoms with van der Waals surface area (Å²) in [7, 11) is 0. The Bertz CT molecular complexity index is 486. The Hall–Kier alpha value is -1.90. The molecule has 0 aromatic heterocycles. The van der Waals surface area contributed by atoms with Crippen LogP contribution in [0.25, 0.3) is 11.1 Å². The minimum atomic E-state index is -0.506. The summed E-state index contributed by atoms with van der Waals surface area (Å²) in [5.41, 5.74) is 1.22. The summed E-state index contributed by atoms with van der Waals surface area (Å²) in [6.07, 6.45) is 0. The van der Waals surface area contributed by atoms with Gasteiger partial charge in [-0.2, -0.15) is 0 Å². The number of phenols is 1. The zero-order valence-electron chi connectivity index (χ0n) is 8.67. The van der Waals surface area contributed by atoms with Crippen LogP contribution in [0.15, 0.2) is 36.4 Å². The van der Waals surface area contributed by atoms with Crippen LogP contribution >= 0.6 is 0 Å². The Morgan fingerprint density at radius 3 is 2.44 bits per heavy atom. The Labute approximate surface area is 92.0 Å². The molecule has 0 bridgehead atoms. The van der Waals surface area contributed by atoms with Gasteiger partial charge in [0.05, 0.1) is 0 Å². The fourth-order valence-electron chi connectivity index (χ4n) is 1.57. The summed E-state index contributed by atoms with van der Waals surface area (Å²) in [5.74, 6) is -1.12. The van der Waals surface area contributed by atoms with E-state index >= 15 is 0 Å². The van der Waals surface area contributed by atoms with Crippen LogP contribution in [-0.2, 0) is 0 Å². The van der Waals surface area contributed by atoms with Crippen LogP contribution in [0.1, 0.15) is 5.56 Å². The van der Waals surface area contributed by atoms with Crippen molar-refractivity contribution in [2.75, 3.05) is 0 Å². The number of rotatable bonds is 1. The second-order valence-corrected chi connectivity index (χ2v) is 3.64. The maximum absolute atomic E-state index is 13.5. The van der Waals surface area contributed by atoms with E-state index in [9.17, 15) is 13.9 Å². The van der Waals surface area contributed by atoms with Crippen molar-refractivity contribution in [3.8, 4) is 16.9 Å². The van der Waals surface area contributed by atoms with Gasteiger partial charge in [-0.1, -0.05) is 11.6 Å². The van der Waals surface area contributed by atoms with Crippen molar-refractivity contribution in [2.45, 2.75) is 6.92 Å². The number of phenolic OH excluding ortho intramolecular Hbond substituents is 1. The van der Waals surface area contributed by atoms with E-state index in [0.717, 1.165) is 17.7 Å². The fourth-order valence-corrected chi connectivity index (χ4v) is 1.57. The molecule has 0 fully saturated rings. The molecule has 0 unspecified atom stereocenters. The van der Waals surface area contributed by atoms with Gasteiger partial charge in [-0.3, -0.25) is 0 Å². The molecule has 0 aliphatic heterocycles. The molecule has 0 spiro atoms. The Morgan fingerprint density at radius 1 is 0.938 bits per heavy atom. The van der Waals surface area contributed by atoms with Crippen molar-refractivity contribution in [1.82, 2.24) is 0 Å². The first-order chi connectivity index (χ1) is 7.58. The third-order valence-electron chi connectivity index (χ3n) is 2.37. The van der Waals surface area contributed by atoms with Gasteiger partial charge in [-0.25, -0.2) is 8.78 Å². The van der Waals surface area contributed by atoms with Crippen LogP contribution in [0.4, 0.5) is 8.78 Å². The van der Waals surface area contributed by atoms with Crippen molar-refractivity contribution in [2.24, 2.45) is 0 Å². The molecule has 0 atom stereocenters. The predicted octanol–water partition coefficient (Wildman–Crippen LogP) is 3.65. The lowest BCUT2D eigenvalue weighted by molar-refractivity contribution is 0.474. The molecule has 0 heterocycles. The van der Waals surface area contributed by atoms with Gasteiger partial charge in [0, 0.05) is 11.1 Å². The number of halogens is 2.